The summed E-state index contributed by atoms with van der Waals surface area (Å²) in [7, 11) is 0. The molecule has 0 bridgehead atoms. The fourth-order valence-electron chi connectivity index (χ4n) is 7.92. The van der Waals surface area contributed by atoms with E-state index < -0.39 is 12.1 Å². The normalized spacial score (nSPS) is 25.1. The van der Waals surface area contributed by atoms with E-state index in [1.807, 2.05) is 22.2 Å². The molecule has 258 valence electrons. The number of carbonyl (C=O) groups excluding carboxylic acids is 4. The lowest BCUT2D eigenvalue weighted by Gasteiger charge is -2.30. The number of aromatic nitrogens is 2. The predicted molar refractivity (Wildman–Crippen MR) is 184 cm³/mol. The molecular weight excluding hydrogens is 636 g/mol. The van der Waals surface area contributed by atoms with Crippen LogP contribution in [-0.4, -0.2) is 87.7 Å². The molecule has 0 aliphatic carbocycles. The Kier molecular flexibility index (Phi) is 8.68. The number of cyclic esters (lactones) is 2. The third kappa shape index (κ3) is 6.30. The highest BCUT2D eigenvalue weighted by Crippen LogP contribution is 2.35. The number of carbonyl (C=O) groups is 4. The number of amides is 3. The number of nitrogens with one attached hydrogen (secondary N) is 2. The molecule has 4 atom stereocenters. The molecule has 2 aromatic carbocycles. The molecule has 5 aliphatic rings. The smallest absolute Gasteiger partial charge is 0.407 e. The van der Waals surface area contributed by atoms with Crippen LogP contribution in [0.25, 0.3) is 28.0 Å². The van der Waals surface area contributed by atoms with Gasteiger partial charge in [-0.15, -0.1) is 0 Å². The summed E-state index contributed by atoms with van der Waals surface area (Å²) < 4.78 is 9.98. The second-order valence-corrected chi connectivity index (χ2v) is 13.7. The highest BCUT2D eigenvalue weighted by molar-refractivity contribution is 6.03. The Hall–Kier alpha value is -5.26. The van der Waals surface area contributed by atoms with Gasteiger partial charge in [-0.25, -0.2) is 9.78 Å². The van der Waals surface area contributed by atoms with E-state index in [4.69, 9.17) is 14.5 Å². The number of allylic oxidation sites excluding steroid dienone is 1. The zero-order valence-electron chi connectivity index (χ0n) is 27.8. The van der Waals surface area contributed by atoms with Crippen molar-refractivity contribution in [2.45, 2.75) is 69.5 Å². The lowest BCUT2D eigenvalue weighted by molar-refractivity contribution is -0.155. The number of ether oxygens (including phenoxy) is 2. The molecule has 0 radical (unpaired) electrons. The Balaban J connectivity index is 0.885. The first-order valence-corrected chi connectivity index (χ1v) is 17.6. The monoisotopic (exact) mass is 676 g/mol. The lowest BCUT2D eigenvalue weighted by atomic mass is 9.95. The largest absolute Gasteiger partial charge is 0.466 e. The van der Waals surface area contributed by atoms with Gasteiger partial charge in [-0.2, -0.15) is 0 Å². The number of esters is 1. The van der Waals surface area contributed by atoms with Gasteiger partial charge in [-0.1, -0.05) is 48.5 Å². The molecule has 0 spiro atoms. The number of likely N-dealkylation sites (tertiary alicyclic amines) is 2. The van der Waals surface area contributed by atoms with Crippen molar-refractivity contribution in [1.82, 2.24) is 25.1 Å². The number of rotatable bonds is 7. The van der Waals surface area contributed by atoms with E-state index in [-0.39, 0.29) is 48.8 Å². The maximum Gasteiger partial charge on any atom is 0.407 e. The summed E-state index contributed by atoms with van der Waals surface area (Å²) in [5.41, 5.74) is 7.34. The fraction of sp³-hybridized carbons (Fsp3) is 0.421. The number of H-pyrrole nitrogens is 1. The van der Waals surface area contributed by atoms with Gasteiger partial charge in [0.05, 0.1) is 49.5 Å². The molecule has 8 rings (SSSR count). The van der Waals surface area contributed by atoms with E-state index in [1.54, 1.807) is 0 Å². The Morgan fingerprint density at radius 2 is 1.42 bits per heavy atom. The number of aliphatic imine (C=N–C) groups is 1. The molecule has 12 heteroatoms. The van der Waals surface area contributed by atoms with E-state index in [9.17, 15) is 19.2 Å². The quantitative estimate of drug-likeness (QED) is 0.334. The molecule has 12 nitrogen and oxygen atoms in total. The summed E-state index contributed by atoms with van der Waals surface area (Å²) in [6.07, 6.45) is 8.66. The van der Waals surface area contributed by atoms with Gasteiger partial charge in [-0.3, -0.25) is 19.4 Å². The molecule has 2 N–H and O–H groups in total. The summed E-state index contributed by atoms with van der Waals surface area (Å²) in [5, 5.41) is 2.65. The maximum atomic E-state index is 13.3. The van der Waals surface area contributed by atoms with Gasteiger partial charge in [-0.05, 0) is 59.9 Å². The van der Waals surface area contributed by atoms with Crippen molar-refractivity contribution in [3.05, 3.63) is 72.3 Å². The maximum absolute atomic E-state index is 13.3. The second-order valence-electron chi connectivity index (χ2n) is 13.7. The molecule has 6 heterocycles. The first-order valence-electron chi connectivity index (χ1n) is 17.6. The van der Waals surface area contributed by atoms with Crippen molar-refractivity contribution in [3.8, 4) is 22.4 Å². The topological polar surface area (TPSA) is 146 Å². The fourth-order valence-corrected chi connectivity index (χ4v) is 7.92. The highest BCUT2D eigenvalue weighted by atomic mass is 16.6. The van der Waals surface area contributed by atoms with Gasteiger partial charge in [0.15, 0.2) is 0 Å². The van der Waals surface area contributed by atoms with Crippen molar-refractivity contribution in [1.29, 1.82) is 0 Å². The molecular formula is C38H40N6O6. The number of imidazole rings is 1. The summed E-state index contributed by atoms with van der Waals surface area (Å²) in [6, 6.07) is 16.1. The van der Waals surface area contributed by atoms with Crippen LogP contribution in [0.3, 0.4) is 0 Å². The van der Waals surface area contributed by atoms with Crippen molar-refractivity contribution < 1.29 is 28.7 Å². The van der Waals surface area contributed by atoms with Gasteiger partial charge < -0.3 is 29.6 Å². The summed E-state index contributed by atoms with van der Waals surface area (Å²) in [4.78, 5) is 66.6. The summed E-state index contributed by atoms with van der Waals surface area (Å²) in [5.74, 6) is 0.137. The number of aromatic amines is 1. The average molecular weight is 677 g/mol. The Bertz CT molecular complexity index is 1860. The van der Waals surface area contributed by atoms with Crippen LogP contribution in [0, 0.1) is 5.92 Å². The minimum atomic E-state index is -0.564. The number of hydrogen-bond acceptors (Lipinski definition) is 8. The van der Waals surface area contributed by atoms with Crippen LogP contribution in [0.1, 0.15) is 68.8 Å². The third-order valence-electron chi connectivity index (χ3n) is 10.6. The Morgan fingerprint density at radius 3 is 2.14 bits per heavy atom. The minimum absolute atomic E-state index is 0.0149. The number of nitrogens with zero attached hydrogens (tertiary/aromatic N) is 4. The highest BCUT2D eigenvalue weighted by Gasteiger charge is 2.39. The molecule has 50 heavy (non-hydrogen) atoms. The van der Waals surface area contributed by atoms with Gasteiger partial charge in [0.25, 0.3) is 0 Å². The van der Waals surface area contributed by atoms with Crippen LogP contribution >= 0.6 is 0 Å². The number of hydrogen-bond donors (Lipinski definition) is 2. The minimum Gasteiger partial charge on any atom is -0.466 e. The molecule has 4 saturated heterocycles. The molecule has 3 amide bonds. The van der Waals surface area contributed by atoms with E-state index >= 15 is 0 Å². The average Bonchev–Trinajstić information content (AvgIpc) is 3.98. The molecule has 5 aliphatic heterocycles. The van der Waals surface area contributed by atoms with Crippen molar-refractivity contribution in [3.63, 3.8) is 0 Å². The Morgan fingerprint density at radius 1 is 0.760 bits per heavy atom. The molecule has 1 aromatic heterocycles. The molecule has 0 unspecified atom stereocenters. The SMILES string of the molecule is O=C1C[C@H](C(=O)N2CCC[C@H]2C2=NC=C(c3ccc(-c4ccc(-c5cnc([C@@H]6CCCN6C(=O)[C@@H]6CCOC(=O)N6)[nH]5)cc4)cc3)C2)CCO1. The zero-order valence-corrected chi connectivity index (χ0v) is 27.8. The van der Waals surface area contributed by atoms with Crippen molar-refractivity contribution in [2.24, 2.45) is 10.9 Å². The van der Waals surface area contributed by atoms with E-state index in [2.05, 4.69) is 63.8 Å². The molecule has 0 saturated carbocycles. The van der Waals surface area contributed by atoms with Crippen molar-refractivity contribution >= 4 is 35.2 Å². The number of alkyl carbamates (subject to hydrolysis) is 1. The number of benzene rings is 2. The van der Waals surface area contributed by atoms with E-state index in [0.717, 1.165) is 70.7 Å². The van der Waals surface area contributed by atoms with Crippen LogP contribution < -0.4 is 5.32 Å². The van der Waals surface area contributed by atoms with Crippen LogP contribution in [0.2, 0.25) is 0 Å². The molecule has 3 aromatic rings. The Labute approximate surface area is 289 Å². The second kappa shape index (κ2) is 13.6. The van der Waals surface area contributed by atoms with E-state index in [1.165, 1.54) is 0 Å². The van der Waals surface area contributed by atoms with Gasteiger partial charge in [0, 0.05) is 37.8 Å². The lowest BCUT2D eigenvalue weighted by Crippen LogP contribution is -2.51. The first kappa shape index (κ1) is 32.0. The van der Waals surface area contributed by atoms with E-state index in [0.29, 0.717) is 39.0 Å². The summed E-state index contributed by atoms with van der Waals surface area (Å²) in [6.45, 7) is 1.90. The third-order valence-corrected chi connectivity index (χ3v) is 10.6. The van der Waals surface area contributed by atoms with Gasteiger partial charge in [0.2, 0.25) is 11.8 Å². The van der Waals surface area contributed by atoms with Crippen LogP contribution in [0.5, 0.6) is 0 Å². The first-order chi connectivity index (χ1) is 24.4. The zero-order chi connectivity index (χ0) is 34.2. The van der Waals surface area contributed by atoms with Crippen LogP contribution in [0.4, 0.5) is 4.79 Å². The van der Waals surface area contributed by atoms with Crippen LogP contribution in [-0.2, 0) is 23.9 Å². The standard InChI is InChI=1S/C38H40N6O6/c45-34-20-27(13-17-49-34)36(46)43-15-1-3-32(43)30-19-28(21-39-30)25-7-5-23(6-8-25)24-9-11-26(12-10-24)31-22-40-35(41-31)33-4-2-16-44(33)37(47)29-14-18-50-38(48)42-29/h5-12,21-22,27,29,32-33H,1-4,13-20H2,(H,40,41)(H,42,48)/t27-,29+,32+,33+/m1/s1. The van der Waals surface area contributed by atoms with Gasteiger partial charge in [0.1, 0.15) is 11.9 Å². The van der Waals surface area contributed by atoms with Gasteiger partial charge >= 0.3 is 12.1 Å². The molecule has 4 fully saturated rings. The predicted octanol–water partition coefficient (Wildman–Crippen LogP) is 5.04. The van der Waals surface area contributed by atoms with Crippen molar-refractivity contribution in [2.75, 3.05) is 26.3 Å². The van der Waals surface area contributed by atoms with Crippen LogP contribution in [0.15, 0.2) is 65.9 Å². The summed E-state index contributed by atoms with van der Waals surface area (Å²) >= 11 is 0.